The lowest BCUT2D eigenvalue weighted by Gasteiger charge is -2.11. The largest absolute Gasteiger partial charge is 0.387 e. The minimum atomic E-state index is -0.764. The number of nitrogens with zero attached hydrogens (tertiary/aromatic N) is 1. The minimum Gasteiger partial charge on any atom is -0.387 e. The second-order valence-electron chi connectivity index (χ2n) is 4.54. The van der Waals surface area contributed by atoms with E-state index in [1.807, 2.05) is 10.8 Å². The maximum Gasteiger partial charge on any atom is 0.272 e. The molecule has 6 nitrogen and oxygen atoms in total. The highest BCUT2D eigenvalue weighted by Gasteiger charge is 2.15. The van der Waals surface area contributed by atoms with Crippen LogP contribution in [-0.4, -0.2) is 22.5 Å². The Morgan fingerprint density at radius 1 is 1.48 bits per heavy atom. The molecule has 0 saturated carbocycles. The second-order valence-corrected chi connectivity index (χ2v) is 5.32. The standard InChI is InChI=1S/C14H14N2O4S/c1-9-6-10(2-3-12(9)16(19)20)14(18)15-7-13(17)11-4-5-21-8-11/h2-6,8,13,17H,7H2,1H3,(H,15,18). The van der Waals surface area contributed by atoms with E-state index in [0.29, 0.717) is 11.1 Å². The zero-order valence-corrected chi connectivity index (χ0v) is 12.1. The van der Waals surface area contributed by atoms with Gasteiger partial charge in [0.15, 0.2) is 0 Å². The maximum atomic E-state index is 12.0. The molecule has 0 aliphatic rings. The molecule has 7 heteroatoms. The molecule has 1 heterocycles. The molecule has 21 heavy (non-hydrogen) atoms. The quantitative estimate of drug-likeness (QED) is 0.655. The number of nitrogens with one attached hydrogen (secondary N) is 1. The zero-order chi connectivity index (χ0) is 15.4. The van der Waals surface area contributed by atoms with Gasteiger partial charge in [0, 0.05) is 23.7 Å². The number of aryl methyl sites for hydroxylation is 1. The lowest BCUT2D eigenvalue weighted by Crippen LogP contribution is -2.28. The van der Waals surface area contributed by atoms with Gasteiger partial charge in [0.05, 0.1) is 11.0 Å². The monoisotopic (exact) mass is 306 g/mol. The fraction of sp³-hybridized carbons (Fsp3) is 0.214. The van der Waals surface area contributed by atoms with Gasteiger partial charge in [0.2, 0.25) is 0 Å². The highest BCUT2D eigenvalue weighted by Crippen LogP contribution is 2.19. The van der Waals surface area contributed by atoms with Crippen molar-refractivity contribution in [3.8, 4) is 0 Å². The summed E-state index contributed by atoms with van der Waals surface area (Å²) in [7, 11) is 0. The normalized spacial score (nSPS) is 11.9. The first kappa shape index (κ1) is 15.1. The van der Waals surface area contributed by atoms with Crippen molar-refractivity contribution in [2.24, 2.45) is 0 Å². The Kier molecular flexibility index (Phi) is 4.66. The predicted octanol–water partition coefficient (Wildman–Crippen LogP) is 2.43. The van der Waals surface area contributed by atoms with Crippen LogP contribution in [0.2, 0.25) is 0 Å². The molecule has 1 aromatic heterocycles. The Balaban J connectivity index is 2.00. The summed E-state index contributed by atoms with van der Waals surface area (Å²) in [4.78, 5) is 22.2. The van der Waals surface area contributed by atoms with Crippen molar-refractivity contribution in [1.82, 2.24) is 5.32 Å². The Bertz CT molecular complexity index is 655. The summed E-state index contributed by atoms with van der Waals surface area (Å²) in [5.74, 6) is -0.373. The summed E-state index contributed by atoms with van der Waals surface area (Å²) in [5.41, 5.74) is 1.48. The van der Waals surface area contributed by atoms with E-state index in [9.17, 15) is 20.0 Å². The number of nitro benzene ring substituents is 1. The molecule has 1 unspecified atom stereocenters. The van der Waals surface area contributed by atoms with E-state index in [1.165, 1.54) is 29.5 Å². The average molecular weight is 306 g/mol. The number of benzene rings is 1. The van der Waals surface area contributed by atoms with Crippen LogP contribution in [0.3, 0.4) is 0 Å². The van der Waals surface area contributed by atoms with E-state index >= 15 is 0 Å². The highest BCUT2D eigenvalue weighted by atomic mass is 32.1. The predicted molar refractivity (Wildman–Crippen MR) is 79.4 cm³/mol. The number of hydrogen-bond donors (Lipinski definition) is 2. The van der Waals surface area contributed by atoms with E-state index in [0.717, 1.165) is 5.56 Å². The Morgan fingerprint density at radius 2 is 2.24 bits per heavy atom. The fourth-order valence-electron chi connectivity index (χ4n) is 1.88. The number of nitro groups is 1. The third-order valence-electron chi connectivity index (χ3n) is 3.04. The van der Waals surface area contributed by atoms with Gasteiger partial charge < -0.3 is 10.4 Å². The number of aliphatic hydroxyl groups is 1. The SMILES string of the molecule is Cc1cc(C(=O)NCC(O)c2ccsc2)ccc1[N+](=O)[O-]. The van der Waals surface area contributed by atoms with Gasteiger partial charge in [-0.2, -0.15) is 11.3 Å². The maximum absolute atomic E-state index is 12.0. The number of carbonyl (C=O) groups is 1. The van der Waals surface area contributed by atoms with Gasteiger partial charge in [0.25, 0.3) is 11.6 Å². The summed E-state index contributed by atoms with van der Waals surface area (Å²) in [6, 6.07) is 5.96. The average Bonchev–Trinajstić information content (AvgIpc) is 2.98. The fourth-order valence-corrected chi connectivity index (χ4v) is 2.58. The molecule has 0 bridgehead atoms. The molecule has 0 aliphatic heterocycles. The molecule has 0 aliphatic carbocycles. The van der Waals surface area contributed by atoms with Crippen molar-refractivity contribution >= 4 is 22.9 Å². The number of rotatable bonds is 5. The molecule has 2 N–H and O–H groups in total. The first-order valence-electron chi connectivity index (χ1n) is 6.22. The molecule has 1 amide bonds. The number of amides is 1. The van der Waals surface area contributed by atoms with E-state index in [1.54, 1.807) is 13.0 Å². The third-order valence-corrected chi connectivity index (χ3v) is 3.74. The summed E-state index contributed by atoms with van der Waals surface area (Å²) in [6.45, 7) is 1.67. The Morgan fingerprint density at radius 3 is 2.81 bits per heavy atom. The van der Waals surface area contributed by atoms with Crippen molar-refractivity contribution in [3.05, 3.63) is 61.8 Å². The minimum absolute atomic E-state index is 0.0233. The van der Waals surface area contributed by atoms with Crippen LogP contribution in [-0.2, 0) is 0 Å². The van der Waals surface area contributed by atoms with Gasteiger partial charge in [-0.25, -0.2) is 0 Å². The smallest absolute Gasteiger partial charge is 0.272 e. The van der Waals surface area contributed by atoms with E-state index in [4.69, 9.17) is 0 Å². The third kappa shape index (κ3) is 3.65. The molecule has 2 rings (SSSR count). The first-order chi connectivity index (χ1) is 9.99. The van der Waals surface area contributed by atoms with E-state index in [-0.39, 0.29) is 18.1 Å². The van der Waals surface area contributed by atoms with Gasteiger partial charge in [-0.3, -0.25) is 14.9 Å². The van der Waals surface area contributed by atoms with Gasteiger partial charge in [-0.15, -0.1) is 0 Å². The van der Waals surface area contributed by atoms with Crippen molar-refractivity contribution in [2.75, 3.05) is 6.54 Å². The van der Waals surface area contributed by atoms with Gasteiger partial charge in [0.1, 0.15) is 0 Å². The van der Waals surface area contributed by atoms with Crippen molar-refractivity contribution in [2.45, 2.75) is 13.0 Å². The van der Waals surface area contributed by atoms with Crippen molar-refractivity contribution in [3.63, 3.8) is 0 Å². The zero-order valence-electron chi connectivity index (χ0n) is 11.3. The van der Waals surface area contributed by atoms with Crippen LogP contribution in [0.15, 0.2) is 35.0 Å². The van der Waals surface area contributed by atoms with E-state index in [2.05, 4.69) is 5.32 Å². The molecule has 1 aromatic carbocycles. The molecular formula is C14H14N2O4S. The summed E-state index contributed by atoms with van der Waals surface area (Å²) < 4.78 is 0. The molecule has 0 fully saturated rings. The van der Waals surface area contributed by atoms with Gasteiger partial charge >= 0.3 is 0 Å². The topological polar surface area (TPSA) is 92.5 Å². The lowest BCUT2D eigenvalue weighted by molar-refractivity contribution is -0.385. The molecule has 1 atom stereocenters. The van der Waals surface area contributed by atoms with Crippen molar-refractivity contribution in [1.29, 1.82) is 0 Å². The summed E-state index contributed by atoms with van der Waals surface area (Å²) >= 11 is 1.47. The molecule has 2 aromatic rings. The Hall–Kier alpha value is -2.25. The summed E-state index contributed by atoms with van der Waals surface area (Å²) in [5, 5.41) is 26.9. The molecular weight excluding hydrogens is 292 g/mol. The van der Waals surface area contributed by atoms with Gasteiger partial charge in [-0.05, 0) is 41.4 Å². The van der Waals surface area contributed by atoms with Crippen LogP contribution in [0.5, 0.6) is 0 Å². The molecule has 0 saturated heterocycles. The first-order valence-corrected chi connectivity index (χ1v) is 7.16. The highest BCUT2D eigenvalue weighted by molar-refractivity contribution is 7.07. The van der Waals surface area contributed by atoms with Crippen molar-refractivity contribution < 1.29 is 14.8 Å². The molecule has 0 radical (unpaired) electrons. The molecule has 110 valence electrons. The summed E-state index contributed by atoms with van der Waals surface area (Å²) in [6.07, 6.45) is -0.764. The van der Waals surface area contributed by atoms with Crippen LogP contribution in [0.25, 0.3) is 0 Å². The number of thiophene rings is 1. The number of aliphatic hydroxyl groups excluding tert-OH is 1. The number of hydrogen-bond acceptors (Lipinski definition) is 5. The van der Waals surface area contributed by atoms with Crippen LogP contribution < -0.4 is 5.32 Å². The lowest BCUT2D eigenvalue weighted by atomic mass is 10.1. The van der Waals surface area contributed by atoms with Crippen LogP contribution in [0.4, 0.5) is 5.69 Å². The second kappa shape index (κ2) is 6.47. The van der Waals surface area contributed by atoms with E-state index < -0.39 is 11.0 Å². The van der Waals surface area contributed by atoms with Crippen LogP contribution >= 0.6 is 11.3 Å². The van der Waals surface area contributed by atoms with Crippen LogP contribution in [0, 0.1) is 17.0 Å². The molecule has 0 spiro atoms. The van der Waals surface area contributed by atoms with Crippen LogP contribution in [0.1, 0.15) is 27.6 Å². The Labute approximate surface area is 125 Å². The number of carbonyl (C=O) groups excluding carboxylic acids is 1. The van der Waals surface area contributed by atoms with Gasteiger partial charge in [-0.1, -0.05) is 0 Å².